The molecule has 24 heavy (non-hydrogen) atoms. The maximum Gasteiger partial charge on any atom is 0.119 e. The monoisotopic (exact) mass is 326 g/mol. The molecule has 0 aliphatic carbocycles. The maximum atomic E-state index is 6.01. The average molecular weight is 326 g/mol. The predicted octanol–water partition coefficient (Wildman–Crippen LogP) is 2.91. The minimum atomic E-state index is 0.249. The number of benzene rings is 2. The van der Waals surface area contributed by atoms with Gasteiger partial charge in [0.25, 0.3) is 0 Å². The second kappa shape index (κ2) is 8.29. The van der Waals surface area contributed by atoms with Gasteiger partial charge in [-0.15, -0.1) is 0 Å². The van der Waals surface area contributed by atoms with Crippen LogP contribution in [0.4, 0.5) is 0 Å². The molecule has 2 aromatic carbocycles. The molecule has 1 aliphatic heterocycles. The lowest BCUT2D eigenvalue weighted by Crippen LogP contribution is -2.41. The number of hydrogen-bond acceptors (Lipinski definition) is 4. The molecule has 3 rings (SSSR count). The van der Waals surface area contributed by atoms with E-state index in [2.05, 4.69) is 36.1 Å². The normalized spacial score (nSPS) is 16.8. The Bertz CT molecular complexity index is 636. The summed E-state index contributed by atoms with van der Waals surface area (Å²) in [5, 5.41) is 0. The fourth-order valence-electron chi connectivity index (χ4n) is 3.10. The summed E-state index contributed by atoms with van der Waals surface area (Å²) >= 11 is 0. The number of ether oxygens (including phenoxy) is 2. The van der Waals surface area contributed by atoms with Crippen LogP contribution < -0.4 is 10.5 Å². The Hall–Kier alpha value is -1.88. The van der Waals surface area contributed by atoms with Crippen molar-refractivity contribution >= 4 is 0 Å². The Morgan fingerprint density at radius 1 is 1.08 bits per heavy atom. The predicted molar refractivity (Wildman–Crippen MR) is 96.1 cm³/mol. The number of nitrogens with zero attached hydrogens (tertiary/aromatic N) is 1. The summed E-state index contributed by atoms with van der Waals surface area (Å²) in [7, 11) is 0. The summed E-state index contributed by atoms with van der Waals surface area (Å²) in [4.78, 5) is 2.40. The molecular formula is C20H26N2O2. The lowest BCUT2D eigenvalue weighted by Gasteiger charge is -2.34. The van der Waals surface area contributed by atoms with Crippen LogP contribution in [0.25, 0.3) is 0 Å². The van der Waals surface area contributed by atoms with Crippen molar-refractivity contribution in [2.45, 2.75) is 19.6 Å². The van der Waals surface area contributed by atoms with Crippen LogP contribution in [-0.2, 0) is 11.3 Å². The number of rotatable bonds is 6. The molecule has 1 unspecified atom stereocenters. The molecule has 0 aromatic heterocycles. The first-order chi connectivity index (χ1) is 11.8. The standard InChI is InChI=1S/C20H26N2O2/c1-16-4-2-3-5-18(16)15-24-19-8-6-17(7-9-19)20(14-21)22-10-12-23-13-11-22/h2-9,20H,10-15,21H2,1H3. The second-order valence-electron chi connectivity index (χ2n) is 6.18. The van der Waals surface area contributed by atoms with Crippen molar-refractivity contribution in [1.82, 2.24) is 4.90 Å². The highest BCUT2D eigenvalue weighted by Crippen LogP contribution is 2.24. The molecule has 4 nitrogen and oxygen atoms in total. The zero-order chi connectivity index (χ0) is 16.8. The Kier molecular flexibility index (Phi) is 5.86. The largest absolute Gasteiger partial charge is 0.489 e. The van der Waals surface area contributed by atoms with Crippen LogP contribution in [0.15, 0.2) is 48.5 Å². The molecule has 2 aromatic rings. The second-order valence-corrected chi connectivity index (χ2v) is 6.18. The van der Waals surface area contributed by atoms with E-state index in [1.165, 1.54) is 16.7 Å². The molecule has 1 aliphatic rings. The van der Waals surface area contributed by atoms with Crippen molar-refractivity contribution in [1.29, 1.82) is 0 Å². The summed E-state index contributed by atoms with van der Waals surface area (Å²) in [6.45, 7) is 6.76. The molecule has 4 heteroatoms. The summed E-state index contributed by atoms with van der Waals surface area (Å²) in [6, 6.07) is 16.9. The van der Waals surface area contributed by atoms with Gasteiger partial charge < -0.3 is 15.2 Å². The van der Waals surface area contributed by atoms with Crippen LogP contribution in [0, 0.1) is 6.92 Å². The molecular weight excluding hydrogens is 300 g/mol. The molecule has 0 amide bonds. The van der Waals surface area contributed by atoms with Crippen molar-refractivity contribution in [3.8, 4) is 5.75 Å². The molecule has 1 fully saturated rings. The minimum Gasteiger partial charge on any atom is -0.489 e. The van der Waals surface area contributed by atoms with E-state index in [1.54, 1.807) is 0 Å². The van der Waals surface area contributed by atoms with Crippen molar-refractivity contribution in [2.75, 3.05) is 32.8 Å². The molecule has 1 saturated heterocycles. The van der Waals surface area contributed by atoms with Crippen molar-refractivity contribution in [2.24, 2.45) is 5.73 Å². The van der Waals surface area contributed by atoms with Crippen LogP contribution in [0.5, 0.6) is 5.75 Å². The average Bonchev–Trinajstić information content (AvgIpc) is 2.64. The van der Waals surface area contributed by atoms with Gasteiger partial charge in [-0.1, -0.05) is 36.4 Å². The lowest BCUT2D eigenvalue weighted by molar-refractivity contribution is 0.0179. The molecule has 0 radical (unpaired) electrons. The van der Waals surface area contributed by atoms with E-state index >= 15 is 0 Å². The summed E-state index contributed by atoms with van der Waals surface area (Å²) < 4.78 is 11.4. The lowest BCUT2D eigenvalue weighted by atomic mass is 10.0. The highest BCUT2D eigenvalue weighted by atomic mass is 16.5. The Balaban J connectivity index is 1.63. The van der Waals surface area contributed by atoms with E-state index in [0.29, 0.717) is 13.2 Å². The zero-order valence-electron chi connectivity index (χ0n) is 14.3. The first-order valence-electron chi connectivity index (χ1n) is 8.57. The van der Waals surface area contributed by atoms with Gasteiger partial charge in [0.05, 0.1) is 13.2 Å². The van der Waals surface area contributed by atoms with Crippen LogP contribution in [0.2, 0.25) is 0 Å². The smallest absolute Gasteiger partial charge is 0.119 e. The molecule has 1 heterocycles. The van der Waals surface area contributed by atoms with Gasteiger partial charge in [-0.05, 0) is 35.7 Å². The van der Waals surface area contributed by atoms with Crippen molar-refractivity contribution in [3.05, 3.63) is 65.2 Å². The zero-order valence-corrected chi connectivity index (χ0v) is 14.3. The first kappa shape index (κ1) is 17.0. The third-order valence-corrected chi connectivity index (χ3v) is 4.63. The SMILES string of the molecule is Cc1ccccc1COc1ccc(C(CN)N2CCOCC2)cc1. The summed E-state index contributed by atoms with van der Waals surface area (Å²) in [6.07, 6.45) is 0. The quantitative estimate of drug-likeness (QED) is 0.887. The number of nitrogens with two attached hydrogens (primary N) is 1. The Labute approximate surface area is 144 Å². The van der Waals surface area contributed by atoms with Gasteiger partial charge in [0.2, 0.25) is 0 Å². The summed E-state index contributed by atoms with van der Waals surface area (Å²) in [5.41, 5.74) is 9.72. The van der Waals surface area contributed by atoms with E-state index in [1.807, 2.05) is 24.3 Å². The minimum absolute atomic E-state index is 0.249. The fraction of sp³-hybridized carbons (Fsp3) is 0.400. The Morgan fingerprint density at radius 3 is 2.46 bits per heavy atom. The number of hydrogen-bond donors (Lipinski definition) is 1. The van der Waals surface area contributed by atoms with Crippen LogP contribution in [0.3, 0.4) is 0 Å². The molecule has 0 bridgehead atoms. The first-order valence-corrected chi connectivity index (χ1v) is 8.57. The van der Waals surface area contributed by atoms with Gasteiger partial charge in [-0.3, -0.25) is 4.90 Å². The van der Waals surface area contributed by atoms with Crippen LogP contribution in [0.1, 0.15) is 22.7 Å². The summed E-state index contributed by atoms with van der Waals surface area (Å²) in [5.74, 6) is 0.889. The van der Waals surface area contributed by atoms with Gasteiger partial charge in [0, 0.05) is 25.7 Å². The molecule has 2 N–H and O–H groups in total. The van der Waals surface area contributed by atoms with Gasteiger partial charge in [0.15, 0.2) is 0 Å². The van der Waals surface area contributed by atoms with Gasteiger partial charge in [-0.2, -0.15) is 0 Å². The van der Waals surface area contributed by atoms with Gasteiger partial charge in [0.1, 0.15) is 12.4 Å². The third kappa shape index (κ3) is 4.15. The Morgan fingerprint density at radius 2 is 1.79 bits per heavy atom. The molecule has 128 valence electrons. The van der Waals surface area contributed by atoms with Gasteiger partial charge >= 0.3 is 0 Å². The fourth-order valence-corrected chi connectivity index (χ4v) is 3.10. The topological polar surface area (TPSA) is 47.7 Å². The number of morpholine rings is 1. The van der Waals surface area contributed by atoms with E-state index in [9.17, 15) is 0 Å². The van der Waals surface area contributed by atoms with E-state index in [0.717, 1.165) is 32.1 Å². The third-order valence-electron chi connectivity index (χ3n) is 4.63. The molecule has 0 spiro atoms. The van der Waals surface area contributed by atoms with Gasteiger partial charge in [-0.25, -0.2) is 0 Å². The maximum absolute atomic E-state index is 6.01. The van der Waals surface area contributed by atoms with E-state index < -0.39 is 0 Å². The number of aryl methyl sites for hydroxylation is 1. The van der Waals surface area contributed by atoms with E-state index in [-0.39, 0.29) is 6.04 Å². The van der Waals surface area contributed by atoms with Crippen LogP contribution in [-0.4, -0.2) is 37.7 Å². The van der Waals surface area contributed by atoms with Crippen LogP contribution >= 0.6 is 0 Å². The highest BCUT2D eigenvalue weighted by Gasteiger charge is 2.21. The van der Waals surface area contributed by atoms with Crippen molar-refractivity contribution in [3.63, 3.8) is 0 Å². The van der Waals surface area contributed by atoms with Crippen molar-refractivity contribution < 1.29 is 9.47 Å². The van der Waals surface area contributed by atoms with E-state index in [4.69, 9.17) is 15.2 Å². The highest BCUT2D eigenvalue weighted by molar-refractivity contribution is 5.31. The molecule has 0 saturated carbocycles. The molecule has 1 atom stereocenters.